The molecular weight excluding hydrogens is 463 g/mol. The first kappa shape index (κ1) is 28.4. The van der Waals surface area contributed by atoms with Gasteiger partial charge in [-0.25, -0.2) is 4.39 Å². The molecule has 1 aliphatic rings. The zero-order valence-corrected chi connectivity index (χ0v) is 23.8. The SMILES string of the molecule is CCCCCCCc1ccc(C#Cc2ccc3c(F)c(CCC4CCC(CCCC)CC4)ccc3c2)cc1. The van der Waals surface area contributed by atoms with Gasteiger partial charge in [-0.05, 0) is 78.3 Å². The highest BCUT2D eigenvalue weighted by molar-refractivity contribution is 5.85. The summed E-state index contributed by atoms with van der Waals surface area (Å²) in [4.78, 5) is 0. The van der Waals surface area contributed by atoms with Gasteiger partial charge >= 0.3 is 0 Å². The quantitative estimate of drug-likeness (QED) is 0.168. The number of fused-ring (bicyclic) bond motifs is 1. The van der Waals surface area contributed by atoms with E-state index in [1.54, 1.807) is 0 Å². The molecule has 4 rings (SSSR count). The number of aryl methyl sites for hydroxylation is 2. The van der Waals surface area contributed by atoms with Gasteiger partial charge in [-0.1, -0.05) is 127 Å². The molecule has 3 aromatic carbocycles. The lowest BCUT2D eigenvalue weighted by Crippen LogP contribution is -2.15. The summed E-state index contributed by atoms with van der Waals surface area (Å²) < 4.78 is 15.4. The van der Waals surface area contributed by atoms with Crippen LogP contribution in [0, 0.1) is 29.5 Å². The van der Waals surface area contributed by atoms with Crippen LogP contribution in [0.3, 0.4) is 0 Å². The molecule has 0 unspecified atom stereocenters. The summed E-state index contributed by atoms with van der Waals surface area (Å²) in [6.07, 6.45) is 19.2. The normalized spacial score (nSPS) is 17.3. The second-order valence-corrected chi connectivity index (χ2v) is 11.7. The van der Waals surface area contributed by atoms with Crippen molar-refractivity contribution in [3.05, 3.63) is 82.7 Å². The fraction of sp³-hybridized carbons (Fsp3) is 0.514. The van der Waals surface area contributed by atoms with E-state index in [-0.39, 0.29) is 5.82 Å². The van der Waals surface area contributed by atoms with Crippen LogP contribution >= 0.6 is 0 Å². The third kappa shape index (κ3) is 8.46. The van der Waals surface area contributed by atoms with Gasteiger partial charge in [0, 0.05) is 16.5 Å². The molecule has 1 heteroatoms. The van der Waals surface area contributed by atoms with Crippen molar-refractivity contribution in [2.45, 2.75) is 110 Å². The summed E-state index contributed by atoms with van der Waals surface area (Å²) in [7, 11) is 0. The lowest BCUT2D eigenvalue weighted by atomic mass is 9.78. The van der Waals surface area contributed by atoms with Crippen molar-refractivity contribution in [1.82, 2.24) is 0 Å². The predicted octanol–water partition coefficient (Wildman–Crippen LogP) is 10.8. The third-order valence-corrected chi connectivity index (χ3v) is 8.66. The van der Waals surface area contributed by atoms with E-state index in [1.807, 2.05) is 24.3 Å². The number of unbranched alkanes of at least 4 members (excludes halogenated alkanes) is 5. The van der Waals surface area contributed by atoms with E-state index in [9.17, 15) is 0 Å². The van der Waals surface area contributed by atoms with Gasteiger partial charge in [0.05, 0.1) is 0 Å². The van der Waals surface area contributed by atoms with Crippen LogP contribution in [0.25, 0.3) is 10.8 Å². The molecule has 0 nitrogen and oxygen atoms in total. The number of hydrogen-bond donors (Lipinski definition) is 0. The summed E-state index contributed by atoms with van der Waals surface area (Å²) in [6, 6.07) is 18.6. The molecule has 38 heavy (non-hydrogen) atoms. The monoisotopic (exact) mass is 510 g/mol. The third-order valence-electron chi connectivity index (χ3n) is 8.66. The molecule has 0 atom stereocenters. The molecular formula is C37H47F. The molecule has 0 bridgehead atoms. The van der Waals surface area contributed by atoms with Crippen LogP contribution in [0.1, 0.15) is 120 Å². The average molecular weight is 511 g/mol. The van der Waals surface area contributed by atoms with Crippen molar-refractivity contribution >= 4 is 10.8 Å². The van der Waals surface area contributed by atoms with Gasteiger partial charge in [0.2, 0.25) is 0 Å². The topological polar surface area (TPSA) is 0 Å². The van der Waals surface area contributed by atoms with Crippen molar-refractivity contribution < 1.29 is 4.39 Å². The molecule has 0 saturated heterocycles. The maximum Gasteiger partial charge on any atom is 0.134 e. The minimum absolute atomic E-state index is 0.0380. The van der Waals surface area contributed by atoms with E-state index in [4.69, 9.17) is 0 Å². The van der Waals surface area contributed by atoms with E-state index in [0.717, 1.165) is 58.6 Å². The lowest BCUT2D eigenvalue weighted by Gasteiger charge is -2.28. The molecule has 0 aliphatic heterocycles. The van der Waals surface area contributed by atoms with E-state index in [2.05, 4.69) is 56.0 Å². The fourth-order valence-corrected chi connectivity index (χ4v) is 6.10. The van der Waals surface area contributed by atoms with E-state index in [0.29, 0.717) is 0 Å². The van der Waals surface area contributed by atoms with Gasteiger partial charge in [-0.15, -0.1) is 0 Å². The van der Waals surface area contributed by atoms with Crippen LogP contribution in [0.2, 0.25) is 0 Å². The first-order chi connectivity index (χ1) is 18.7. The Morgan fingerprint density at radius 2 is 1.32 bits per heavy atom. The average Bonchev–Trinajstić information content (AvgIpc) is 2.95. The van der Waals surface area contributed by atoms with Gasteiger partial charge in [-0.2, -0.15) is 0 Å². The van der Waals surface area contributed by atoms with Crippen molar-refractivity contribution in [3.8, 4) is 11.8 Å². The first-order valence-corrected chi connectivity index (χ1v) is 15.5. The molecule has 202 valence electrons. The molecule has 1 fully saturated rings. The van der Waals surface area contributed by atoms with Gasteiger partial charge in [0.1, 0.15) is 5.82 Å². The van der Waals surface area contributed by atoms with Crippen molar-refractivity contribution in [2.75, 3.05) is 0 Å². The van der Waals surface area contributed by atoms with Crippen LogP contribution in [0.15, 0.2) is 54.6 Å². The Labute approximate surface area is 231 Å². The number of hydrogen-bond acceptors (Lipinski definition) is 0. The van der Waals surface area contributed by atoms with Crippen molar-refractivity contribution in [3.63, 3.8) is 0 Å². The molecule has 0 amide bonds. The highest BCUT2D eigenvalue weighted by Gasteiger charge is 2.21. The van der Waals surface area contributed by atoms with E-state index >= 15 is 4.39 Å². The lowest BCUT2D eigenvalue weighted by molar-refractivity contribution is 0.249. The maximum atomic E-state index is 15.4. The van der Waals surface area contributed by atoms with Crippen molar-refractivity contribution in [1.29, 1.82) is 0 Å². The summed E-state index contributed by atoms with van der Waals surface area (Å²) >= 11 is 0. The predicted molar refractivity (Wildman–Crippen MR) is 162 cm³/mol. The Balaban J connectivity index is 1.31. The molecule has 0 N–H and O–H groups in total. The maximum absolute atomic E-state index is 15.4. The second kappa shape index (κ2) is 15.1. The van der Waals surface area contributed by atoms with Crippen LogP contribution in [-0.4, -0.2) is 0 Å². The minimum Gasteiger partial charge on any atom is -0.206 e. The summed E-state index contributed by atoms with van der Waals surface area (Å²) in [5, 5.41) is 1.66. The molecule has 0 spiro atoms. The Bertz CT molecular complexity index is 1190. The van der Waals surface area contributed by atoms with E-state index in [1.165, 1.54) is 82.6 Å². The highest BCUT2D eigenvalue weighted by atomic mass is 19.1. The molecule has 0 heterocycles. The van der Waals surface area contributed by atoms with Crippen LogP contribution in [0.5, 0.6) is 0 Å². The molecule has 3 aromatic rings. The Morgan fingerprint density at radius 1 is 0.658 bits per heavy atom. The van der Waals surface area contributed by atoms with Gasteiger partial charge in [0.15, 0.2) is 0 Å². The van der Waals surface area contributed by atoms with Gasteiger partial charge < -0.3 is 0 Å². The standard InChI is InChI=1S/C37H47F/c1-3-5-7-8-9-11-30-14-16-31(17-15-30)20-21-33-23-27-36-35(28-33)26-25-34(37(36)38)24-22-32-18-12-29(13-19-32)10-6-4-2/h14-17,23,25-29,32H,3-13,18-19,22,24H2,1-2H3. The van der Waals surface area contributed by atoms with Crippen LogP contribution in [-0.2, 0) is 12.8 Å². The Hall–Kier alpha value is -2.59. The summed E-state index contributed by atoms with van der Waals surface area (Å²) in [5.41, 5.74) is 4.23. The fourth-order valence-electron chi connectivity index (χ4n) is 6.10. The van der Waals surface area contributed by atoms with Crippen LogP contribution in [0.4, 0.5) is 4.39 Å². The van der Waals surface area contributed by atoms with Crippen molar-refractivity contribution in [2.24, 2.45) is 11.8 Å². The van der Waals surface area contributed by atoms with E-state index < -0.39 is 0 Å². The minimum atomic E-state index is -0.0380. The number of benzene rings is 3. The Kier molecular flexibility index (Phi) is 11.3. The Morgan fingerprint density at radius 3 is 2.05 bits per heavy atom. The number of halogens is 1. The zero-order chi connectivity index (χ0) is 26.6. The molecule has 0 radical (unpaired) electrons. The van der Waals surface area contributed by atoms with Gasteiger partial charge in [0.25, 0.3) is 0 Å². The second-order valence-electron chi connectivity index (χ2n) is 11.7. The molecule has 1 saturated carbocycles. The zero-order valence-electron chi connectivity index (χ0n) is 23.8. The highest BCUT2D eigenvalue weighted by Crippen LogP contribution is 2.34. The summed E-state index contributed by atoms with van der Waals surface area (Å²) in [6.45, 7) is 4.54. The largest absolute Gasteiger partial charge is 0.206 e. The van der Waals surface area contributed by atoms with Gasteiger partial charge in [-0.3, -0.25) is 0 Å². The summed E-state index contributed by atoms with van der Waals surface area (Å²) in [5.74, 6) is 8.24. The molecule has 1 aliphatic carbocycles. The molecule has 0 aromatic heterocycles. The number of rotatable bonds is 12. The smallest absolute Gasteiger partial charge is 0.134 e. The first-order valence-electron chi connectivity index (χ1n) is 15.5. The van der Waals surface area contributed by atoms with Crippen LogP contribution < -0.4 is 0 Å².